The van der Waals surface area contributed by atoms with Crippen molar-refractivity contribution in [3.63, 3.8) is 0 Å². The number of fused-ring (bicyclic) bond motifs is 2. The summed E-state index contributed by atoms with van der Waals surface area (Å²) < 4.78 is 14.2. The number of rotatable bonds is 1. The van der Waals surface area contributed by atoms with Gasteiger partial charge in [-0.25, -0.2) is 4.39 Å². The topological polar surface area (TPSA) is 24.7 Å². The number of hydrogen-bond donors (Lipinski definition) is 0. The Morgan fingerprint density at radius 1 is 1.00 bits per heavy atom. The molecule has 2 aliphatic heterocycles. The Hall–Kier alpha value is -1.48. The van der Waals surface area contributed by atoms with Gasteiger partial charge in [0.25, 0.3) is 0 Å². The fraction of sp³-hybridized carbons (Fsp3) is 0.565. The monoisotopic (exact) mass is 386 g/mol. The highest BCUT2D eigenvalue weighted by atomic mass is 35.5. The van der Waals surface area contributed by atoms with E-state index >= 15 is 0 Å². The summed E-state index contributed by atoms with van der Waals surface area (Å²) in [5.74, 6) is 0.432. The van der Waals surface area contributed by atoms with Gasteiger partial charge in [-0.05, 0) is 55.7 Å². The maximum absolute atomic E-state index is 14.2. The van der Waals surface area contributed by atoms with Crippen molar-refractivity contribution in [2.24, 2.45) is 21.8 Å². The molecule has 0 saturated heterocycles. The fourth-order valence-electron chi connectivity index (χ4n) is 4.73. The van der Waals surface area contributed by atoms with E-state index in [-0.39, 0.29) is 10.8 Å². The summed E-state index contributed by atoms with van der Waals surface area (Å²) in [6.07, 6.45) is 13.9. The van der Waals surface area contributed by atoms with Crippen LogP contribution >= 0.6 is 11.6 Å². The largest absolute Gasteiger partial charge is 0.259 e. The van der Waals surface area contributed by atoms with E-state index in [1.165, 1.54) is 50.2 Å². The van der Waals surface area contributed by atoms with Crippen LogP contribution in [0.5, 0.6) is 0 Å². The highest BCUT2D eigenvalue weighted by molar-refractivity contribution is 6.30. The van der Waals surface area contributed by atoms with Gasteiger partial charge < -0.3 is 0 Å². The molecular formula is C23H28ClFN2. The molecule has 0 N–H and O–H groups in total. The lowest BCUT2D eigenvalue weighted by Gasteiger charge is -2.29. The Morgan fingerprint density at radius 2 is 1.70 bits per heavy atom. The third kappa shape index (κ3) is 4.03. The lowest BCUT2D eigenvalue weighted by Crippen LogP contribution is -2.24. The molecule has 144 valence electrons. The summed E-state index contributed by atoms with van der Waals surface area (Å²) >= 11 is 6.09. The van der Waals surface area contributed by atoms with Crippen LogP contribution in [0.4, 0.5) is 10.1 Å². The molecule has 2 bridgehead atoms. The van der Waals surface area contributed by atoms with Crippen LogP contribution in [0.3, 0.4) is 0 Å². The molecule has 1 aromatic rings. The van der Waals surface area contributed by atoms with Gasteiger partial charge in [-0.2, -0.15) is 0 Å². The number of aliphatic imine (C=N–C) groups is 2. The molecular weight excluding hydrogens is 359 g/mol. The summed E-state index contributed by atoms with van der Waals surface area (Å²) in [4.78, 5) is 9.83. The Labute approximate surface area is 166 Å². The second kappa shape index (κ2) is 8.26. The van der Waals surface area contributed by atoms with Crippen LogP contribution in [-0.4, -0.2) is 11.9 Å². The number of hydrogen-bond acceptors (Lipinski definition) is 2. The summed E-state index contributed by atoms with van der Waals surface area (Å²) in [5.41, 5.74) is 5.29. The second-order valence-corrected chi connectivity index (χ2v) is 8.67. The summed E-state index contributed by atoms with van der Waals surface area (Å²) in [7, 11) is 0. The highest BCUT2D eigenvalue weighted by Crippen LogP contribution is 2.39. The van der Waals surface area contributed by atoms with Gasteiger partial charge in [0, 0.05) is 18.2 Å². The van der Waals surface area contributed by atoms with Crippen LogP contribution in [-0.2, 0) is 6.42 Å². The van der Waals surface area contributed by atoms with E-state index in [2.05, 4.69) is 6.92 Å². The van der Waals surface area contributed by atoms with Crippen LogP contribution in [0.15, 0.2) is 33.4 Å². The van der Waals surface area contributed by atoms with E-state index in [1.807, 2.05) is 6.21 Å². The Morgan fingerprint density at radius 3 is 2.44 bits per heavy atom. The minimum absolute atomic E-state index is 0.194. The zero-order valence-electron chi connectivity index (χ0n) is 16.1. The van der Waals surface area contributed by atoms with E-state index < -0.39 is 0 Å². The Kier molecular flexibility index (Phi) is 5.77. The first kappa shape index (κ1) is 18.9. The van der Waals surface area contributed by atoms with Crippen LogP contribution in [0.1, 0.15) is 70.3 Å². The van der Waals surface area contributed by atoms with Gasteiger partial charge in [-0.3, -0.25) is 9.98 Å². The van der Waals surface area contributed by atoms with Crippen molar-refractivity contribution >= 4 is 29.2 Å². The van der Waals surface area contributed by atoms with Crippen molar-refractivity contribution in [2.45, 2.75) is 71.1 Å². The van der Waals surface area contributed by atoms with Crippen LogP contribution in [0.2, 0.25) is 5.02 Å². The molecule has 0 aromatic heterocycles. The molecule has 0 spiro atoms. The van der Waals surface area contributed by atoms with Gasteiger partial charge in [0.1, 0.15) is 5.82 Å². The number of allylic oxidation sites excluding steroid dienone is 2. The zero-order chi connectivity index (χ0) is 18.8. The minimum Gasteiger partial charge on any atom is -0.259 e. The van der Waals surface area contributed by atoms with Crippen LogP contribution in [0, 0.1) is 17.7 Å². The molecule has 27 heavy (non-hydrogen) atoms. The van der Waals surface area contributed by atoms with Crippen LogP contribution < -0.4 is 0 Å². The molecule has 2 heterocycles. The van der Waals surface area contributed by atoms with Gasteiger partial charge in [0.05, 0.1) is 22.1 Å². The third-order valence-corrected chi connectivity index (χ3v) is 6.70. The Balaban J connectivity index is 1.81. The maximum Gasteiger partial charge on any atom is 0.143 e. The minimum atomic E-state index is -0.382. The number of halogens is 2. The molecule has 4 heteroatoms. The Bertz CT molecular complexity index is 799. The molecule has 1 atom stereocenters. The first-order valence-corrected chi connectivity index (χ1v) is 10.8. The number of nitrogens with zero attached hydrogens (tertiary/aromatic N) is 2. The molecule has 1 saturated carbocycles. The van der Waals surface area contributed by atoms with Gasteiger partial charge in [0.2, 0.25) is 0 Å². The van der Waals surface area contributed by atoms with E-state index in [0.29, 0.717) is 11.8 Å². The molecule has 1 aromatic carbocycles. The zero-order valence-corrected chi connectivity index (χ0v) is 16.9. The smallest absolute Gasteiger partial charge is 0.143 e. The lowest BCUT2D eigenvalue weighted by molar-refractivity contribution is 0.533. The molecule has 1 aliphatic carbocycles. The van der Waals surface area contributed by atoms with Crippen molar-refractivity contribution < 1.29 is 4.39 Å². The molecule has 0 radical (unpaired) electrons. The molecule has 2 nitrogen and oxygen atoms in total. The predicted octanol–water partition coefficient (Wildman–Crippen LogP) is 7.22. The summed E-state index contributed by atoms with van der Waals surface area (Å²) in [6.45, 7) is 2.21. The first-order valence-electron chi connectivity index (χ1n) is 10.4. The predicted molar refractivity (Wildman–Crippen MR) is 112 cm³/mol. The van der Waals surface area contributed by atoms with E-state index in [4.69, 9.17) is 21.6 Å². The molecule has 1 fully saturated rings. The van der Waals surface area contributed by atoms with E-state index in [0.717, 1.165) is 48.3 Å². The summed E-state index contributed by atoms with van der Waals surface area (Å²) in [5, 5.41) is 0.194. The average molecular weight is 387 g/mol. The quantitative estimate of drug-likeness (QED) is 0.486. The normalized spacial score (nSPS) is 24.3. The lowest BCUT2D eigenvalue weighted by atomic mass is 9.81. The van der Waals surface area contributed by atoms with E-state index in [9.17, 15) is 4.39 Å². The van der Waals surface area contributed by atoms with Crippen molar-refractivity contribution in [2.75, 3.05) is 0 Å². The maximum atomic E-state index is 14.2. The molecule has 0 amide bonds. The van der Waals surface area contributed by atoms with Crippen molar-refractivity contribution in [1.82, 2.24) is 0 Å². The first-order chi connectivity index (χ1) is 13.1. The number of benzene rings is 1. The summed E-state index contributed by atoms with van der Waals surface area (Å²) in [6, 6.07) is 3.30. The van der Waals surface area contributed by atoms with Crippen molar-refractivity contribution in [3.8, 4) is 0 Å². The third-order valence-electron chi connectivity index (χ3n) is 6.41. The highest BCUT2D eigenvalue weighted by Gasteiger charge is 2.29. The fourth-order valence-corrected chi connectivity index (χ4v) is 4.92. The van der Waals surface area contributed by atoms with Crippen LogP contribution in [0.25, 0.3) is 0 Å². The standard InChI is InChI=1S/C23H28ClFN2/c1-15-17-10-11-26-22(15)23(16-8-6-4-2-3-5-7-9-16)27-21-14-20(25)19(24)13-18(21)12-17/h11,13-14,16-17H,2-10,12H2,1H3. The average Bonchev–Trinajstić information content (AvgIpc) is 2.79. The van der Waals surface area contributed by atoms with E-state index in [1.54, 1.807) is 6.07 Å². The van der Waals surface area contributed by atoms with Gasteiger partial charge in [-0.15, -0.1) is 0 Å². The molecule has 1 unspecified atom stereocenters. The molecule has 4 rings (SSSR count). The van der Waals surface area contributed by atoms with Gasteiger partial charge in [0.15, 0.2) is 0 Å². The van der Waals surface area contributed by atoms with Gasteiger partial charge >= 0.3 is 0 Å². The van der Waals surface area contributed by atoms with Gasteiger partial charge in [-0.1, -0.05) is 50.1 Å². The van der Waals surface area contributed by atoms with Crippen molar-refractivity contribution in [1.29, 1.82) is 0 Å². The molecule has 3 aliphatic rings. The SMILES string of the molecule is CC1=C2N=CCC1Cc1cc(Cl)c(F)cc1N=C2C1CCCCCCCC1. The van der Waals surface area contributed by atoms with Crippen molar-refractivity contribution in [3.05, 3.63) is 39.8 Å². The second-order valence-electron chi connectivity index (χ2n) is 8.27.